The maximum Gasteiger partial charge on any atom is 0.155 e. The van der Waals surface area contributed by atoms with Gasteiger partial charge in [-0.3, -0.25) is 4.90 Å². The fourth-order valence-corrected chi connectivity index (χ4v) is 1.90. The summed E-state index contributed by atoms with van der Waals surface area (Å²) in [4.78, 5) is 11.0. The summed E-state index contributed by atoms with van der Waals surface area (Å²) in [6.45, 7) is 11.5. The molecule has 5 heteroatoms. The van der Waals surface area contributed by atoms with Crippen molar-refractivity contribution < 1.29 is 9.47 Å². The highest BCUT2D eigenvalue weighted by Crippen LogP contribution is 2.18. The second kappa shape index (κ2) is 6.30. The van der Waals surface area contributed by atoms with Gasteiger partial charge >= 0.3 is 0 Å². The lowest BCUT2D eigenvalue weighted by Gasteiger charge is -2.26. The van der Waals surface area contributed by atoms with Crippen LogP contribution in [0.2, 0.25) is 0 Å². The van der Waals surface area contributed by atoms with Crippen LogP contribution in [0.1, 0.15) is 26.6 Å². The van der Waals surface area contributed by atoms with Gasteiger partial charge in [-0.2, -0.15) is 0 Å². The largest absolute Gasteiger partial charge is 0.489 e. The number of ether oxygens (including phenoxy) is 2. The molecular formula is C14H23N3O2. The molecule has 2 heterocycles. The molecule has 0 spiro atoms. The van der Waals surface area contributed by atoms with Crippen LogP contribution in [-0.4, -0.2) is 54.3 Å². The molecule has 0 saturated carbocycles. The minimum absolute atomic E-state index is 0.0215. The average Bonchev–Trinajstić information content (AvgIpc) is 2.39. The van der Waals surface area contributed by atoms with Gasteiger partial charge in [-0.1, -0.05) is 20.8 Å². The third kappa shape index (κ3) is 4.44. The standard InChI is InChI=1S/C14H23N3O2/c1-14(2,3)13-15-10-12(11-16-13)19-9-6-17-4-7-18-8-5-17/h10-11H,4-9H2,1-3H3. The smallest absolute Gasteiger partial charge is 0.155 e. The Bertz CT molecular complexity index is 381. The van der Waals surface area contributed by atoms with Gasteiger partial charge < -0.3 is 9.47 Å². The first-order chi connectivity index (χ1) is 9.05. The van der Waals surface area contributed by atoms with E-state index < -0.39 is 0 Å². The van der Waals surface area contributed by atoms with Gasteiger partial charge in [-0.15, -0.1) is 0 Å². The van der Waals surface area contributed by atoms with E-state index in [9.17, 15) is 0 Å². The molecule has 5 nitrogen and oxygen atoms in total. The van der Waals surface area contributed by atoms with Gasteiger partial charge in [0.1, 0.15) is 12.4 Å². The molecule has 0 aromatic carbocycles. The fraction of sp³-hybridized carbons (Fsp3) is 0.714. The molecule has 19 heavy (non-hydrogen) atoms. The molecule has 1 aromatic rings. The van der Waals surface area contributed by atoms with E-state index in [0.29, 0.717) is 6.61 Å². The molecular weight excluding hydrogens is 242 g/mol. The van der Waals surface area contributed by atoms with Crippen molar-refractivity contribution in [3.63, 3.8) is 0 Å². The van der Waals surface area contributed by atoms with Crippen molar-refractivity contribution >= 4 is 0 Å². The van der Waals surface area contributed by atoms with Crippen LogP contribution < -0.4 is 4.74 Å². The van der Waals surface area contributed by atoms with Crippen molar-refractivity contribution in [2.75, 3.05) is 39.5 Å². The number of rotatable bonds is 4. The van der Waals surface area contributed by atoms with Crippen LogP contribution in [0, 0.1) is 0 Å². The van der Waals surface area contributed by atoms with E-state index in [2.05, 4.69) is 35.6 Å². The Morgan fingerprint density at radius 1 is 1.21 bits per heavy atom. The molecule has 0 N–H and O–H groups in total. The lowest BCUT2D eigenvalue weighted by atomic mass is 9.96. The zero-order chi connectivity index (χ0) is 13.7. The lowest BCUT2D eigenvalue weighted by molar-refractivity contribution is 0.0322. The van der Waals surface area contributed by atoms with Gasteiger partial charge in [0.05, 0.1) is 25.6 Å². The first-order valence-electron chi connectivity index (χ1n) is 6.81. The normalized spacial score (nSPS) is 17.4. The van der Waals surface area contributed by atoms with Gasteiger partial charge in [0, 0.05) is 25.0 Å². The maximum atomic E-state index is 5.67. The number of nitrogens with zero attached hydrogens (tertiary/aromatic N) is 3. The third-order valence-electron chi connectivity index (χ3n) is 3.08. The SMILES string of the molecule is CC(C)(C)c1ncc(OCCN2CCOCC2)cn1. The lowest BCUT2D eigenvalue weighted by Crippen LogP contribution is -2.38. The van der Waals surface area contributed by atoms with Crippen LogP contribution in [0.3, 0.4) is 0 Å². The van der Waals surface area contributed by atoms with Gasteiger partial charge in [0.2, 0.25) is 0 Å². The zero-order valence-electron chi connectivity index (χ0n) is 12.1. The minimum atomic E-state index is -0.0215. The summed E-state index contributed by atoms with van der Waals surface area (Å²) < 4.78 is 11.0. The van der Waals surface area contributed by atoms with Crippen molar-refractivity contribution in [2.45, 2.75) is 26.2 Å². The molecule has 1 aliphatic rings. The summed E-state index contributed by atoms with van der Waals surface area (Å²) in [5.74, 6) is 1.58. The summed E-state index contributed by atoms with van der Waals surface area (Å²) in [6.07, 6.45) is 3.51. The van der Waals surface area contributed by atoms with Crippen LogP contribution in [0.25, 0.3) is 0 Å². The van der Waals surface area contributed by atoms with Crippen LogP contribution in [0.4, 0.5) is 0 Å². The van der Waals surface area contributed by atoms with E-state index in [1.165, 1.54) is 0 Å². The Morgan fingerprint density at radius 3 is 2.42 bits per heavy atom. The number of hydrogen-bond acceptors (Lipinski definition) is 5. The molecule has 1 saturated heterocycles. The highest BCUT2D eigenvalue weighted by atomic mass is 16.5. The number of hydrogen-bond donors (Lipinski definition) is 0. The Kier molecular flexibility index (Phi) is 4.71. The predicted octanol–water partition coefficient (Wildman–Crippen LogP) is 1.49. The molecule has 0 unspecified atom stereocenters. The van der Waals surface area contributed by atoms with Crippen LogP contribution in [0.15, 0.2) is 12.4 Å². The van der Waals surface area contributed by atoms with Crippen LogP contribution >= 0.6 is 0 Å². The predicted molar refractivity (Wildman–Crippen MR) is 73.5 cm³/mol. The molecule has 0 atom stereocenters. The Balaban J connectivity index is 1.76. The van der Waals surface area contributed by atoms with Crippen molar-refractivity contribution in [3.05, 3.63) is 18.2 Å². The topological polar surface area (TPSA) is 47.5 Å². The van der Waals surface area contributed by atoms with E-state index in [1.807, 2.05) is 0 Å². The monoisotopic (exact) mass is 265 g/mol. The van der Waals surface area contributed by atoms with E-state index in [0.717, 1.165) is 44.4 Å². The Hall–Kier alpha value is -1.20. The van der Waals surface area contributed by atoms with Crippen LogP contribution in [-0.2, 0) is 10.2 Å². The Morgan fingerprint density at radius 2 is 1.84 bits per heavy atom. The quantitative estimate of drug-likeness (QED) is 0.825. The molecule has 0 amide bonds. The van der Waals surface area contributed by atoms with Crippen molar-refractivity contribution in [1.29, 1.82) is 0 Å². The molecule has 106 valence electrons. The van der Waals surface area contributed by atoms with Gasteiger partial charge in [0.25, 0.3) is 0 Å². The molecule has 0 bridgehead atoms. The molecule has 1 aromatic heterocycles. The highest BCUT2D eigenvalue weighted by molar-refractivity contribution is 5.14. The van der Waals surface area contributed by atoms with Crippen molar-refractivity contribution in [3.8, 4) is 5.75 Å². The Labute approximate surface area is 115 Å². The summed E-state index contributed by atoms with van der Waals surface area (Å²) in [6, 6.07) is 0. The van der Waals surface area contributed by atoms with E-state index in [-0.39, 0.29) is 5.41 Å². The molecule has 0 aliphatic carbocycles. The van der Waals surface area contributed by atoms with Gasteiger partial charge in [-0.05, 0) is 0 Å². The summed E-state index contributed by atoms with van der Waals surface area (Å²) >= 11 is 0. The average molecular weight is 265 g/mol. The second-order valence-electron chi connectivity index (χ2n) is 5.79. The second-order valence-corrected chi connectivity index (χ2v) is 5.79. The third-order valence-corrected chi connectivity index (χ3v) is 3.08. The van der Waals surface area contributed by atoms with Gasteiger partial charge in [0.15, 0.2) is 5.75 Å². The van der Waals surface area contributed by atoms with E-state index >= 15 is 0 Å². The molecule has 0 radical (unpaired) electrons. The van der Waals surface area contributed by atoms with E-state index in [1.54, 1.807) is 12.4 Å². The van der Waals surface area contributed by atoms with Crippen molar-refractivity contribution in [2.24, 2.45) is 0 Å². The highest BCUT2D eigenvalue weighted by Gasteiger charge is 2.16. The summed E-state index contributed by atoms with van der Waals surface area (Å²) in [7, 11) is 0. The number of aromatic nitrogens is 2. The summed E-state index contributed by atoms with van der Waals surface area (Å²) in [5.41, 5.74) is -0.0215. The number of morpholine rings is 1. The molecule has 1 fully saturated rings. The molecule has 1 aliphatic heterocycles. The summed E-state index contributed by atoms with van der Waals surface area (Å²) in [5, 5.41) is 0. The fourth-order valence-electron chi connectivity index (χ4n) is 1.90. The first kappa shape index (κ1) is 14.2. The zero-order valence-corrected chi connectivity index (χ0v) is 12.1. The minimum Gasteiger partial charge on any atom is -0.489 e. The van der Waals surface area contributed by atoms with Crippen molar-refractivity contribution in [1.82, 2.24) is 14.9 Å². The first-order valence-corrected chi connectivity index (χ1v) is 6.81. The van der Waals surface area contributed by atoms with E-state index in [4.69, 9.17) is 9.47 Å². The maximum absolute atomic E-state index is 5.67. The van der Waals surface area contributed by atoms with Gasteiger partial charge in [-0.25, -0.2) is 9.97 Å². The molecule has 2 rings (SSSR count). The van der Waals surface area contributed by atoms with Crippen LogP contribution in [0.5, 0.6) is 5.75 Å².